The first kappa shape index (κ1) is 14.4. The predicted molar refractivity (Wildman–Crippen MR) is 82.5 cm³/mol. The van der Waals surface area contributed by atoms with Crippen molar-refractivity contribution < 1.29 is 9.47 Å². The molecule has 2 atom stereocenters. The van der Waals surface area contributed by atoms with Crippen molar-refractivity contribution in [3.63, 3.8) is 0 Å². The molecule has 20 heavy (non-hydrogen) atoms. The zero-order chi connectivity index (χ0) is 14.5. The lowest BCUT2D eigenvalue weighted by Gasteiger charge is -2.24. The van der Waals surface area contributed by atoms with Crippen LogP contribution in [0.15, 0.2) is 48.5 Å². The maximum absolute atomic E-state index is 5.99. The van der Waals surface area contributed by atoms with Crippen molar-refractivity contribution in [1.82, 2.24) is 0 Å². The van der Waals surface area contributed by atoms with E-state index in [4.69, 9.17) is 9.47 Å². The summed E-state index contributed by atoms with van der Waals surface area (Å²) in [5, 5.41) is 0. The molecule has 0 fully saturated rings. The molecular formula is C18H22O2. The summed E-state index contributed by atoms with van der Waals surface area (Å²) in [7, 11) is 0. The van der Waals surface area contributed by atoms with E-state index in [2.05, 4.69) is 26.0 Å². The van der Waals surface area contributed by atoms with E-state index >= 15 is 0 Å². The summed E-state index contributed by atoms with van der Waals surface area (Å²) >= 11 is 0. The summed E-state index contributed by atoms with van der Waals surface area (Å²) in [6, 6.07) is 16.1. The molecule has 2 unspecified atom stereocenters. The van der Waals surface area contributed by atoms with Crippen LogP contribution in [0, 0.1) is 13.8 Å². The second-order valence-corrected chi connectivity index (χ2v) is 5.18. The molecule has 2 aromatic rings. The monoisotopic (exact) mass is 270 g/mol. The van der Waals surface area contributed by atoms with Crippen LogP contribution in [-0.4, -0.2) is 12.2 Å². The van der Waals surface area contributed by atoms with Gasteiger partial charge in [-0.1, -0.05) is 36.4 Å². The van der Waals surface area contributed by atoms with Crippen LogP contribution in [0.5, 0.6) is 11.5 Å². The standard InChI is InChI=1S/C18H22O2/c1-13-9-5-7-11-17(13)19-15(3)16(4)20-18-12-8-6-10-14(18)2/h5-12,15-16H,1-4H3. The Kier molecular flexibility index (Phi) is 4.67. The van der Waals surface area contributed by atoms with Gasteiger partial charge in [-0.25, -0.2) is 0 Å². The molecule has 0 saturated heterocycles. The van der Waals surface area contributed by atoms with Gasteiger partial charge in [-0.2, -0.15) is 0 Å². The Balaban J connectivity index is 2.01. The van der Waals surface area contributed by atoms with Crippen LogP contribution in [0.3, 0.4) is 0 Å². The summed E-state index contributed by atoms with van der Waals surface area (Å²) in [6.45, 7) is 8.18. The van der Waals surface area contributed by atoms with Crippen molar-refractivity contribution >= 4 is 0 Å². The average Bonchev–Trinajstić information content (AvgIpc) is 2.43. The largest absolute Gasteiger partial charge is 0.487 e. The van der Waals surface area contributed by atoms with E-state index in [0.717, 1.165) is 22.6 Å². The van der Waals surface area contributed by atoms with Gasteiger partial charge in [-0.05, 0) is 51.0 Å². The van der Waals surface area contributed by atoms with Crippen LogP contribution in [-0.2, 0) is 0 Å². The molecule has 0 aliphatic heterocycles. The van der Waals surface area contributed by atoms with Gasteiger partial charge < -0.3 is 9.47 Å². The van der Waals surface area contributed by atoms with Crippen LogP contribution in [0.25, 0.3) is 0 Å². The third kappa shape index (κ3) is 3.53. The van der Waals surface area contributed by atoms with Gasteiger partial charge >= 0.3 is 0 Å². The molecule has 0 bridgehead atoms. The third-order valence-electron chi connectivity index (χ3n) is 3.47. The number of rotatable bonds is 5. The summed E-state index contributed by atoms with van der Waals surface area (Å²) < 4.78 is 12.0. The first-order valence-electron chi connectivity index (χ1n) is 7.02. The Hall–Kier alpha value is -1.96. The molecular weight excluding hydrogens is 248 g/mol. The van der Waals surface area contributed by atoms with Crippen molar-refractivity contribution in [2.75, 3.05) is 0 Å². The molecule has 2 aromatic carbocycles. The summed E-state index contributed by atoms with van der Waals surface area (Å²) in [4.78, 5) is 0. The number of hydrogen-bond acceptors (Lipinski definition) is 2. The quantitative estimate of drug-likeness (QED) is 0.794. The van der Waals surface area contributed by atoms with Crippen molar-refractivity contribution in [2.24, 2.45) is 0 Å². The van der Waals surface area contributed by atoms with Gasteiger partial charge in [0.05, 0.1) is 0 Å². The van der Waals surface area contributed by atoms with Gasteiger partial charge in [0.25, 0.3) is 0 Å². The minimum absolute atomic E-state index is 0.0179. The highest BCUT2D eigenvalue weighted by molar-refractivity contribution is 5.33. The molecule has 0 spiro atoms. The van der Waals surface area contributed by atoms with Crippen molar-refractivity contribution in [1.29, 1.82) is 0 Å². The second-order valence-electron chi connectivity index (χ2n) is 5.18. The summed E-state index contributed by atoms with van der Waals surface area (Å²) in [6.07, 6.45) is -0.0357. The van der Waals surface area contributed by atoms with Crippen molar-refractivity contribution in [3.8, 4) is 11.5 Å². The number of hydrogen-bond donors (Lipinski definition) is 0. The molecule has 2 rings (SSSR count). The number of para-hydroxylation sites is 2. The van der Waals surface area contributed by atoms with E-state index in [-0.39, 0.29) is 12.2 Å². The average molecular weight is 270 g/mol. The molecule has 0 aliphatic rings. The third-order valence-corrected chi connectivity index (χ3v) is 3.47. The fraction of sp³-hybridized carbons (Fsp3) is 0.333. The molecule has 2 nitrogen and oxygen atoms in total. The van der Waals surface area contributed by atoms with E-state index in [9.17, 15) is 0 Å². The minimum Gasteiger partial charge on any atom is -0.487 e. The zero-order valence-corrected chi connectivity index (χ0v) is 12.6. The summed E-state index contributed by atoms with van der Waals surface area (Å²) in [5.74, 6) is 1.83. The number of aryl methyl sites for hydroxylation is 2. The van der Waals surface area contributed by atoms with Gasteiger partial charge in [0.2, 0.25) is 0 Å². The van der Waals surface area contributed by atoms with Crippen LogP contribution in [0.2, 0.25) is 0 Å². The van der Waals surface area contributed by atoms with E-state index in [1.165, 1.54) is 0 Å². The van der Waals surface area contributed by atoms with Crippen LogP contribution in [0.1, 0.15) is 25.0 Å². The second kappa shape index (κ2) is 6.47. The Morgan fingerprint density at radius 3 is 1.35 bits per heavy atom. The topological polar surface area (TPSA) is 18.5 Å². The Bertz CT molecular complexity index is 511. The Morgan fingerprint density at radius 1 is 0.650 bits per heavy atom. The fourth-order valence-electron chi connectivity index (χ4n) is 1.97. The first-order chi connectivity index (χ1) is 9.58. The van der Waals surface area contributed by atoms with E-state index in [0.29, 0.717) is 0 Å². The Morgan fingerprint density at radius 2 is 1.00 bits per heavy atom. The highest BCUT2D eigenvalue weighted by Gasteiger charge is 2.17. The van der Waals surface area contributed by atoms with Crippen LogP contribution >= 0.6 is 0 Å². The van der Waals surface area contributed by atoms with Gasteiger partial charge in [0, 0.05) is 0 Å². The van der Waals surface area contributed by atoms with Gasteiger partial charge in [-0.3, -0.25) is 0 Å². The number of benzene rings is 2. The molecule has 0 aromatic heterocycles. The lowest BCUT2D eigenvalue weighted by atomic mass is 10.2. The fourth-order valence-corrected chi connectivity index (χ4v) is 1.97. The molecule has 2 heteroatoms. The zero-order valence-electron chi connectivity index (χ0n) is 12.6. The SMILES string of the molecule is Cc1ccccc1OC(C)C(C)Oc1ccccc1C. The van der Waals surface area contributed by atoms with Crippen LogP contribution < -0.4 is 9.47 Å². The highest BCUT2D eigenvalue weighted by atomic mass is 16.5. The Labute approximate surface area is 121 Å². The molecule has 0 saturated carbocycles. The van der Waals surface area contributed by atoms with E-state index in [1.807, 2.05) is 50.2 Å². The highest BCUT2D eigenvalue weighted by Crippen LogP contribution is 2.22. The van der Waals surface area contributed by atoms with E-state index in [1.54, 1.807) is 0 Å². The molecule has 0 N–H and O–H groups in total. The lowest BCUT2D eigenvalue weighted by Crippen LogP contribution is -2.31. The lowest BCUT2D eigenvalue weighted by molar-refractivity contribution is 0.0769. The maximum Gasteiger partial charge on any atom is 0.132 e. The van der Waals surface area contributed by atoms with Crippen molar-refractivity contribution in [2.45, 2.75) is 39.9 Å². The first-order valence-corrected chi connectivity index (χ1v) is 7.02. The minimum atomic E-state index is -0.0179. The molecule has 106 valence electrons. The molecule has 0 heterocycles. The van der Waals surface area contributed by atoms with Crippen LogP contribution in [0.4, 0.5) is 0 Å². The molecule has 0 aliphatic carbocycles. The van der Waals surface area contributed by atoms with E-state index < -0.39 is 0 Å². The summed E-state index contributed by atoms with van der Waals surface area (Å²) in [5.41, 5.74) is 2.28. The normalized spacial score (nSPS) is 13.6. The smallest absolute Gasteiger partial charge is 0.132 e. The van der Waals surface area contributed by atoms with Crippen molar-refractivity contribution in [3.05, 3.63) is 59.7 Å². The maximum atomic E-state index is 5.99. The molecule has 0 radical (unpaired) electrons. The number of ether oxygens (including phenoxy) is 2. The van der Waals surface area contributed by atoms with Gasteiger partial charge in [-0.15, -0.1) is 0 Å². The van der Waals surface area contributed by atoms with Gasteiger partial charge in [0.15, 0.2) is 0 Å². The molecule has 0 amide bonds. The predicted octanol–water partition coefficient (Wildman–Crippen LogP) is 4.54. The van der Waals surface area contributed by atoms with Gasteiger partial charge in [0.1, 0.15) is 23.7 Å².